The number of pyridine rings is 3. The smallest absolute Gasteiger partial charge is 0.496 e. The standard InChI is InChI=1S/C20H19BrClNO3.C13H13BrClNO2.C6H7BBrNO3/c1-3-26-20(24)19-16(22)8-9-17(23-19)14-6-4-5-13(14)15-11-12(21)7-10-18(15)25-2;1-2-18-13(17)12-10(15)6-7-11(16-12)8-4-3-5-9(8)14;1-12-4-2-3-5(8)9-6(4)7(10)11/h7-11H,3-6H2,1-2H3;6-7H,2-5H2,1H3;2-3,10-11H,1H3. The van der Waals surface area contributed by atoms with Crippen LogP contribution in [0.5, 0.6) is 11.5 Å². The van der Waals surface area contributed by atoms with Gasteiger partial charge in [-0.05, 0) is 140 Å². The molecule has 296 valence electrons. The first-order valence-corrected chi connectivity index (χ1v) is 20.6. The maximum atomic E-state index is 12.1. The largest absolute Gasteiger partial charge is 0.512 e. The first-order chi connectivity index (χ1) is 26.8. The Morgan fingerprint density at radius 3 is 1.73 bits per heavy atom. The lowest BCUT2D eigenvalue weighted by molar-refractivity contribution is 0.0510. The number of allylic oxidation sites excluding steroid dienone is 4. The third kappa shape index (κ3) is 11.9. The predicted octanol–water partition coefficient (Wildman–Crippen LogP) is 9.51. The molecule has 0 fully saturated rings. The van der Waals surface area contributed by atoms with Crippen molar-refractivity contribution >= 4 is 112 Å². The van der Waals surface area contributed by atoms with Crippen LogP contribution in [0.3, 0.4) is 0 Å². The molecular formula is C39H39BBr3Cl2N3O8. The number of carbonyl (C=O) groups is 2. The van der Waals surface area contributed by atoms with Crippen molar-refractivity contribution in [2.75, 3.05) is 27.4 Å². The van der Waals surface area contributed by atoms with E-state index >= 15 is 0 Å². The summed E-state index contributed by atoms with van der Waals surface area (Å²) in [5, 5.41) is 18.3. The van der Waals surface area contributed by atoms with Crippen LogP contribution in [0.4, 0.5) is 0 Å². The van der Waals surface area contributed by atoms with E-state index in [1.807, 2.05) is 24.3 Å². The van der Waals surface area contributed by atoms with Gasteiger partial charge in [0, 0.05) is 14.5 Å². The minimum atomic E-state index is -1.61. The third-order valence-electron chi connectivity index (χ3n) is 8.42. The van der Waals surface area contributed by atoms with Gasteiger partial charge in [-0.2, -0.15) is 0 Å². The monoisotopic (exact) mass is 995 g/mol. The van der Waals surface area contributed by atoms with Crippen molar-refractivity contribution in [3.8, 4) is 11.5 Å². The zero-order valence-corrected chi connectivity index (χ0v) is 37.3. The molecule has 17 heteroatoms. The van der Waals surface area contributed by atoms with Crippen molar-refractivity contribution in [2.24, 2.45) is 0 Å². The van der Waals surface area contributed by atoms with E-state index in [0.717, 1.165) is 81.3 Å². The van der Waals surface area contributed by atoms with Crippen LogP contribution in [0.15, 0.2) is 68.2 Å². The Kier molecular flexibility index (Phi) is 17.8. The number of hydrogen-bond acceptors (Lipinski definition) is 11. The molecule has 2 aliphatic carbocycles. The molecule has 0 radical (unpaired) electrons. The van der Waals surface area contributed by atoms with E-state index in [1.165, 1.54) is 12.7 Å². The van der Waals surface area contributed by atoms with Gasteiger partial charge < -0.3 is 29.0 Å². The van der Waals surface area contributed by atoms with Gasteiger partial charge in [-0.1, -0.05) is 55.1 Å². The van der Waals surface area contributed by atoms with Crippen LogP contribution >= 0.6 is 71.0 Å². The SMILES string of the molecule is CCOC(=O)c1nc(C2=C(Br)CCC2)ccc1Cl.CCOC(=O)c1nc(C2=C(c3cc(Br)ccc3OC)CCC2)ccc1Cl.COc1ccc(Br)nc1B(O)O. The molecule has 0 spiro atoms. The fourth-order valence-corrected chi connectivity index (χ4v) is 7.64. The Labute approximate surface area is 361 Å². The normalized spacial score (nSPS) is 13.3. The molecule has 11 nitrogen and oxygen atoms in total. The maximum absolute atomic E-state index is 12.1. The van der Waals surface area contributed by atoms with Gasteiger partial charge in [-0.25, -0.2) is 24.5 Å². The second kappa shape index (κ2) is 22.0. The number of rotatable bonds is 10. The number of ether oxygens (including phenoxy) is 4. The molecule has 2 N–H and O–H groups in total. The van der Waals surface area contributed by atoms with E-state index in [2.05, 4.69) is 68.8 Å². The van der Waals surface area contributed by atoms with Crippen LogP contribution < -0.4 is 15.1 Å². The predicted molar refractivity (Wildman–Crippen MR) is 230 cm³/mol. The van der Waals surface area contributed by atoms with Gasteiger partial charge in [0.25, 0.3) is 0 Å². The lowest BCUT2D eigenvalue weighted by Gasteiger charge is -2.13. The number of esters is 2. The average molecular weight is 999 g/mol. The van der Waals surface area contributed by atoms with Crippen molar-refractivity contribution in [1.82, 2.24) is 15.0 Å². The lowest BCUT2D eigenvalue weighted by Crippen LogP contribution is -2.34. The first-order valence-electron chi connectivity index (χ1n) is 17.5. The van der Waals surface area contributed by atoms with Gasteiger partial charge in [-0.15, -0.1) is 0 Å². The molecule has 0 saturated heterocycles. The van der Waals surface area contributed by atoms with Crippen LogP contribution in [-0.4, -0.2) is 71.5 Å². The number of aromatic nitrogens is 3. The molecule has 2 aliphatic rings. The molecule has 1 aromatic carbocycles. The van der Waals surface area contributed by atoms with Gasteiger partial charge in [0.05, 0.1) is 48.9 Å². The van der Waals surface area contributed by atoms with Crippen LogP contribution in [0.1, 0.15) is 90.3 Å². The van der Waals surface area contributed by atoms with E-state index in [0.29, 0.717) is 27.0 Å². The number of hydrogen-bond donors (Lipinski definition) is 2. The zero-order valence-electron chi connectivity index (χ0n) is 31.0. The molecule has 3 aromatic heterocycles. The number of nitrogens with zero attached hydrogens (tertiary/aromatic N) is 3. The highest BCUT2D eigenvalue weighted by Gasteiger charge is 2.24. The fraction of sp³-hybridized carbons (Fsp3) is 0.308. The Bertz CT molecular complexity index is 2120. The number of benzene rings is 1. The number of carbonyl (C=O) groups excluding carboxylic acids is 2. The van der Waals surface area contributed by atoms with Crippen LogP contribution in [0.25, 0.3) is 16.7 Å². The fourth-order valence-electron chi connectivity index (χ4n) is 5.91. The molecule has 6 rings (SSSR count). The second-order valence-corrected chi connectivity index (χ2v) is 15.5. The van der Waals surface area contributed by atoms with Gasteiger partial charge in [0.1, 0.15) is 21.7 Å². The summed E-state index contributed by atoms with van der Waals surface area (Å²) in [6.45, 7) is 4.11. The van der Waals surface area contributed by atoms with Crippen LogP contribution in [-0.2, 0) is 9.47 Å². The summed E-state index contributed by atoms with van der Waals surface area (Å²) >= 11 is 22.3. The zero-order chi connectivity index (χ0) is 40.9. The maximum Gasteiger partial charge on any atom is 0.512 e. The molecule has 0 unspecified atom stereocenters. The molecule has 0 atom stereocenters. The Hall–Kier alpha value is -3.31. The van der Waals surface area contributed by atoms with Crippen molar-refractivity contribution in [2.45, 2.75) is 52.4 Å². The number of halogens is 5. The molecule has 0 aliphatic heterocycles. The van der Waals surface area contributed by atoms with Gasteiger partial charge in [0.15, 0.2) is 11.4 Å². The summed E-state index contributed by atoms with van der Waals surface area (Å²) in [7, 11) is 1.50. The summed E-state index contributed by atoms with van der Waals surface area (Å²) in [5.74, 6) is 0.203. The van der Waals surface area contributed by atoms with Gasteiger partial charge in [0.2, 0.25) is 0 Å². The van der Waals surface area contributed by atoms with Crippen molar-refractivity contribution < 1.29 is 38.6 Å². The average Bonchev–Trinajstić information content (AvgIpc) is 3.85. The Balaban J connectivity index is 0.000000201. The van der Waals surface area contributed by atoms with Gasteiger partial charge in [-0.3, -0.25) is 0 Å². The molecular weight excluding hydrogens is 960 g/mol. The molecule has 0 bridgehead atoms. The Morgan fingerprint density at radius 1 is 0.696 bits per heavy atom. The highest BCUT2D eigenvalue weighted by atomic mass is 79.9. The summed E-state index contributed by atoms with van der Waals surface area (Å²) in [5.41, 5.74) is 6.50. The summed E-state index contributed by atoms with van der Waals surface area (Å²) in [6, 6.07) is 16.3. The molecule has 0 amide bonds. The van der Waals surface area contributed by atoms with E-state index in [9.17, 15) is 9.59 Å². The van der Waals surface area contributed by atoms with E-state index in [4.69, 9.17) is 52.2 Å². The van der Waals surface area contributed by atoms with E-state index in [-0.39, 0.29) is 23.6 Å². The highest BCUT2D eigenvalue weighted by Crippen LogP contribution is 2.43. The van der Waals surface area contributed by atoms with Crippen molar-refractivity contribution in [3.63, 3.8) is 0 Å². The highest BCUT2D eigenvalue weighted by molar-refractivity contribution is 9.12. The van der Waals surface area contributed by atoms with E-state index < -0.39 is 19.1 Å². The topological polar surface area (TPSA) is 150 Å². The van der Waals surface area contributed by atoms with Crippen LogP contribution in [0.2, 0.25) is 10.0 Å². The van der Waals surface area contributed by atoms with E-state index in [1.54, 1.807) is 45.2 Å². The first kappa shape index (κ1) is 45.4. The molecule has 4 aromatic rings. The quantitative estimate of drug-likeness (QED) is 0.0889. The second-order valence-electron chi connectivity index (χ2n) is 12.0. The molecule has 56 heavy (non-hydrogen) atoms. The summed E-state index contributed by atoms with van der Waals surface area (Å²) < 4.78 is 23.1. The third-order valence-corrected chi connectivity index (χ3v) is 10.8. The summed E-state index contributed by atoms with van der Waals surface area (Å²) in [6.07, 6.45) is 5.95. The Morgan fingerprint density at radius 2 is 1.21 bits per heavy atom. The summed E-state index contributed by atoms with van der Waals surface area (Å²) in [4.78, 5) is 36.5. The van der Waals surface area contributed by atoms with Crippen molar-refractivity contribution in [1.29, 1.82) is 0 Å². The minimum absolute atomic E-state index is 0.104. The van der Waals surface area contributed by atoms with Gasteiger partial charge >= 0.3 is 19.1 Å². The molecule has 0 saturated carbocycles. The van der Waals surface area contributed by atoms with Crippen molar-refractivity contribution in [3.05, 3.63) is 107 Å². The van der Waals surface area contributed by atoms with Crippen LogP contribution in [0, 0.1) is 0 Å². The number of methoxy groups -OCH3 is 2. The minimum Gasteiger partial charge on any atom is -0.496 e. The molecule has 3 heterocycles. The lowest BCUT2D eigenvalue weighted by atomic mass is 9.85.